The molecule has 0 amide bonds. The molecule has 0 radical (unpaired) electrons. The number of aromatic nitrogens is 3. The highest BCUT2D eigenvalue weighted by atomic mass is 16.6. The van der Waals surface area contributed by atoms with E-state index in [1.807, 2.05) is 29.0 Å². The van der Waals surface area contributed by atoms with Crippen molar-refractivity contribution in [1.82, 2.24) is 14.5 Å². The molecule has 2 aromatic heterocycles. The average Bonchev–Trinajstić information content (AvgIpc) is 3.00. The Kier molecular flexibility index (Phi) is 2.75. The molecule has 1 aliphatic heterocycles. The molecule has 106 valence electrons. The van der Waals surface area contributed by atoms with E-state index < -0.39 is 0 Å². The number of rotatable bonds is 2. The second kappa shape index (κ2) is 4.75. The highest BCUT2D eigenvalue weighted by molar-refractivity contribution is 5.91. The minimum absolute atomic E-state index is 0.357. The van der Waals surface area contributed by atoms with Gasteiger partial charge in [0.2, 0.25) is 0 Å². The number of hydrogen-bond acceptors (Lipinski definition) is 5. The molecule has 0 aliphatic carbocycles. The van der Waals surface area contributed by atoms with E-state index in [9.17, 15) is 0 Å². The van der Waals surface area contributed by atoms with Gasteiger partial charge in [0.1, 0.15) is 24.9 Å². The van der Waals surface area contributed by atoms with Crippen molar-refractivity contribution in [3.05, 3.63) is 42.6 Å². The molecule has 3 aromatic rings. The molecule has 0 saturated heterocycles. The summed E-state index contributed by atoms with van der Waals surface area (Å²) in [5, 5.41) is 2.02. The summed E-state index contributed by atoms with van der Waals surface area (Å²) in [5.41, 5.74) is 5.73. The second-order valence-corrected chi connectivity index (χ2v) is 4.77. The van der Waals surface area contributed by atoms with Crippen LogP contribution in [0.15, 0.2) is 36.8 Å². The molecule has 0 unspecified atom stereocenters. The molecular weight excluding hydrogens is 268 g/mol. The highest BCUT2D eigenvalue weighted by Crippen LogP contribution is 2.36. The van der Waals surface area contributed by atoms with Gasteiger partial charge in [-0.25, -0.2) is 9.97 Å². The Hall–Kier alpha value is -2.60. The maximum atomic E-state index is 5.73. The molecule has 4 rings (SSSR count). The van der Waals surface area contributed by atoms with Gasteiger partial charge in [0.05, 0.1) is 6.54 Å². The van der Waals surface area contributed by atoms with Gasteiger partial charge in [0.25, 0.3) is 0 Å². The zero-order chi connectivity index (χ0) is 14.2. The van der Waals surface area contributed by atoms with E-state index in [-0.39, 0.29) is 0 Å². The third-order valence-electron chi connectivity index (χ3n) is 3.53. The third kappa shape index (κ3) is 1.92. The molecule has 0 spiro atoms. The van der Waals surface area contributed by atoms with E-state index in [4.69, 9.17) is 15.2 Å². The van der Waals surface area contributed by atoms with E-state index >= 15 is 0 Å². The standard InChI is InChI=1S/C15H14N4O2/c16-9-14-17-3-4-19(14)15-11-8-13-12(20-5-6-21-13)7-10(11)1-2-18-15/h1-4,7-8H,5-6,9,16H2. The lowest BCUT2D eigenvalue weighted by Crippen LogP contribution is -2.15. The Morgan fingerprint density at radius 3 is 2.71 bits per heavy atom. The molecule has 1 aliphatic rings. The minimum Gasteiger partial charge on any atom is -0.486 e. The van der Waals surface area contributed by atoms with Gasteiger partial charge >= 0.3 is 0 Å². The Bertz CT molecular complexity index is 813. The van der Waals surface area contributed by atoms with Crippen LogP contribution in [0.25, 0.3) is 16.6 Å². The van der Waals surface area contributed by atoms with Crippen molar-refractivity contribution in [2.75, 3.05) is 13.2 Å². The maximum Gasteiger partial charge on any atom is 0.162 e. The van der Waals surface area contributed by atoms with Gasteiger partial charge in [-0.05, 0) is 23.6 Å². The van der Waals surface area contributed by atoms with Gasteiger partial charge in [-0.2, -0.15) is 0 Å². The van der Waals surface area contributed by atoms with E-state index in [0.29, 0.717) is 19.8 Å². The number of hydrogen-bond donors (Lipinski definition) is 1. The number of nitrogens with zero attached hydrogens (tertiary/aromatic N) is 3. The molecule has 1 aromatic carbocycles. The number of nitrogens with two attached hydrogens (primary N) is 1. The molecule has 0 atom stereocenters. The number of ether oxygens (including phenoxy) is 2. The van der Waals surface area contributed by atoms with Gasteiger partial charge in [0.15, 0.2) is 11.5 Å². The quantitative estimate of drug-likeness (QED) is 0.773. The van der Waals surface area contributed by atoms with E-state index in [1.165, 1.54) is 0 Å². The lowest BCUT2D eigenvalue weighted by Gasteiger charge is -2.19. The summed E-state index contributed by atoms with van der Waals surface area (Å²) in [6.07, 6.45) is 5.36. The van der Waals surface area contributed by atoms with Crippen LogP contribution in [-0.2, 0) is 6.54 Å². The number of benzene rings is 1. The molecule has 6 nitrogen and oxygen atoms in total. The summed E-state index contributed by atoms with van der Waals surface area (Å²) in [6, 6.07) is 5.90. The Balaban J connectivity index is 1.97. The monoisotopic (exact) mass is 282 g/mol. The smallest absolute Gasteiger partial charge is 0.162 e. The second-order valence-electron chi connectivity index (χ2n) is 4.77. The summed E-state index contributed by atoms with van der Waals surface area (Å²) in [4.78, 5) is 8.73. The predicted molar refractivity (Wildman–Crippen MR) is 77.7 cm³/mol. The normalized spacial score (nSPS) is 13.6. The summed E-state index contributed by atoms with van der Waals surface area (Å²) < 4.78 is 13.2. The molecule has 2 N–H and O–H groups in total. The largest absolute Gasteiger partial charge is 0.486 e. The van der Waals surface area contributed by atoms with Crippen molar-refractivity contribution in [3.63, 3.8) is 0 Å². The first kappa shape index (κ1) is 12.2. The topological polar surface area (TPSA) is 75.2 Å². The average molecular weight is 282 g/mol. The molecular formula is C15H14N4O2. The Morgan fingerprint density at radius 2 is 1.90 bits per heavy atom. The lowest BCUT2D eigenvalue weighted by molar-refractivity contribution is 0.172. The zero-order valence-electron chi connectivity index (χ0n) is 11.3. The molecule has 0 fully saturated rings. The van der Waals surface area contributed by atoms with Crippen LogP contribution in [-0.4, -0.2) is 27.7 Å². The molecule has 3 heterocycles. The summed E-state index contributed by atoms with van der Waals surface area (Å²) in [5.74, 6) is 3.08. The third-order valence-corrected chi connectivity index (χ3v) is 3.53. The van der Waals surface area contributed by atoms with Crippen molar-refractivity contribution < 1.29 is 9.47 Å². The number of imidazole rings is 1. The number of pyridine rings is 1. The Morgan fingerprint density at radius 1 is 1.10 bits per heavy atom. The van der Waals surface area contributed by atoms with Crippen molar-refractivity contribution in [2.24, 2.45) is 5.73 Å². The van der Waals surface area contributed by atoms with Gasteiger partial charge in [-0.1, -0.05) is 0 Å². The van der Waals surface area contributed by atoms with Crippen LogP contribution in [0.1, 0.15) is 5.82 Å². The van der Waals surface area contributed by atoms with E-state index in [2.05, 4.69) is 9.97 Å². The Labute approximate surface area is 121 Å². The highest BCUT2D eigenvalue weighted by Gasteiger charge is 2.16. The zero-order valence-corrected chi connectivity index (χ0v) is 11.3. The van der Waals surface area contributed by atoms with Crippen LogP contribution < -0.4 is 15.2 Å². The van der Waals surface area contributed by atoms with Crippen LogP contribution in [0.4, 0.5) is 0 Å². The van der Waals surface area contributed by atoms with Gasteiger partial charge < -0.3 is 15.2 Å². The first-order valence-electron chi connectivity index (χ1n) is 6.78. The van der Waals surface area contributed by atoms with Crippen LogP contribution in [0.2, 0.25) is 0 Å². The van der Waals surface area contributed by atoms with Crippen molar-refractivity contribution in [2.45, 2.75) is 6.54 Å². The van der Waals surface area contributed by atoms with Crippen molar-refractivity contribution in [3.8, 4) is 17.3 Å². The molecule has 6 heteroatoms. The minimum atomic E-state index is 0.357. The summed E-state index contributed by atoms with van der Waals surface area (Å²) >= 11 is 0. The van der Waals surface area contributed by atoms with Crippen molar-refractivity contribution in [1.29, 1.82) is 0 Å². The van der Waals surface area contributed by atoms with Gasteiger partial charge in [-0.3, -0.25) is 4.57 Å². The SMILES string of the molecule is NCc1nccn1-c1nccc2cc3c(cc12)OCCO3. The van der Waals surface area contributed by atoms with Crippen LogP contribution in [0, 0.1) is 0 Å². The lowest BCUT2D eigenvalue weighted by atomic mass is 10.1. The van der Waals surface area contributed by atoms with Crippen LogP contribution >= 0.6 is 0 Å². The molecule has 21 heavy (non-hydrogen) atoms. The van der Waals surface area contributed by atoms with E-state index in [1.54, 1.807) is 12.4 Å². The first-order valence-corrected chi connectivity index (χ1v) is 6.78. The van der Waals surface area contributed by atoms with Crippen molar-refractivity contribution >= 4 is 10.8 Å². The predicted octanol–water partition coefficient (Wildman–Crippen LogP) is 1.65. The maximum absolute atomic E-state index is 5.73. The van der Waals surface area contributed by atoms with Gasteiger partial charge in [0, 0.05) is 24.0 Å². The fourth-order valence-corrected chi connectivity index (χ4v) is 2.56. The molecule has 0 saturated carbocycles. The fourth-order valence-electron chi connectivity index (χ4n) is 2.56. The van der Waals surface area contributed by atoms with Crippen LogP contribution in [0.3, 0.4) is 0 Å². The van der Waals surface area contributed by atoms with Crippen LogP contribution in [0.5, 0.6) is 11.5 Å². The van der Waals surface area contributed by atoms with Gasteiger partial charge in [-0.15, -0.1) is 0 Å². The van der Waals surface area contributed by atoms with E-state index in [0.717, 1.165) is 33.9 Å². The molecule has 0 bridgehead atoms. The summed E-state index contributed by atoms with van der Waals surface area (Å²) in [6.45, 7) is 1.50. The summed E-state index contributed by atoms with van der Waals surface area (Å²) in [7, 11) is 0. The number of fused-ring (bicyclic) bond motifs is 2. The first-order chi connectivity index (χ1) is 10.4. The fraction of sp³-hybridized carbons (Fsp3) is 0.200.